The van der Waals surface area contributed by atoms with Crippen molar-refractivity contribution in [2.24, 2.45) is 0 Å². The van der Waals surface area contributed by atoms with E-state index in [1.165, 1.54) is 17.0 Å². The maximum absolute atomic E-state index is 13.3. The van der Waals surface area contributed by atoms with E-state index in [0.717, 1.165) is 5.56 Å². The Bertz CT molecular complexity index is 781. The van der Waals surface area contributed by atoms with Crippen LogP contribution in [0.4, 0.5) is 20.7 Å². The number of aromatic nitrogens is 1. The van der Waals surface area contributed by atoms with Crippen molar-refractivity contribution in [2.75, 3.05) is 16.8 Å². The molecule has 1 atom stereocenters. The number of amides is 3. The summed E-state index contributed by atoms with van der Waals surface area (Å²) in [5.41, 5.74) is 1.34. The quantitative estimate of drug-likeness (QED) is 0.909. The lowest BCUT2D eigenvalue weighted by Gasteiger charge is -2.17. The molecule has 0 radical (unpaired) electrons. The molecule has 1 fully saturated rings. The molecule has 124 valence electrons. The van der Waals surface area contributed by atoms with E-state index in [4.69, 9.17) is 0 Å². The lowest BCUT2D eigenvalue weighted by atomic mass is 10.2. The number of hydrogen-bond acceptors (Lipinski definition) is 3. The third-order valence-corrected chi connectivity index (χ3v) is 3.82. The molecule has 2 N–H and O–H groups in total. The molecular weight excluding hydrogens is 311 g/mol. The summed E-state index contributed by atoms with van der Waals surface area (Å²) in [6.07, 6.45) is 1.76. The topological polar surface area (TPSA) is 74.3 Å². The van der Waals surface area contributed by atoms with Gasteiger partial charge >= 0.3 is 6.03 Å². The minimum absolute atomic E-state index is 0.153. The normalized spacial score (nSPS) is 17.0. The van der Waals surface area contributed by atoms with Gasteiger partial charge in [0.1, 0.15) is 11.6 Å². The molecule has 0 bridgehead atoms. The van der Waals surface area contributed by atoms with Crippen LogP contribution in [-0.4, -0.2) is 29.5 Å². The number of nitrogens with one attached hydrogen (secondary N) is 2. The molecule has 0 spiro atoms. The third-order valence-electron chi connectivity index (χ3n) is 3.82. The van der Waals surface area contributed by atoms with Gasteiger partial charge in [0.25, 0.3) is 0 Å². The van der Waals surface area contributed by atoms with Crippen molar-refractivity contribution < 1.29 is 14.0 Å². The fourth-order valence-corrected chi connectivity index (χ4v) is 2.64. The fourth-order valence-electron chi connectivity index (χ4n) is 2.64. The molecule has 3 amide bonds. The standard InChI is InChI=1S/C17H17FN4O2/c1-11-4-3-7-19-16(11)21-17(24)20-13-9-15(23)22(10-13)14-6-2-5-12(18)8-14/h2-8,13H,9-10H2,1H3,(H2,19,20,21,24). The number of pyridine rings is 1. The second-order valence-electron chi connectivity index (χ2n) is 5.65. The molecule has 24 heavy (non-hydrogen) atoms. The van der Waals surface area contributed by atoms with Crippen molar-refractivity contribution in [3.05, 3.63) is 54.0 Å². The van der Waals surface area contributed by atoms with Crippen LogP contribution < -0.4 is 15.5 Å². The highest BCUT2D eigenvalue weighted by molar-refractivity contribution is 5.97. The van der Waals surface area contributed by atoms with E-state index < -0.39 is 11.8 Å². The molecule has 2 aromatic rings. The number of nitrogens with zero attached hydrogens (tertiary/aromatic N) is 2. The maximum atomic E-state index is 13.3. The first-order chi connectivity index (χ1) is 11.5. The van der Waals surface area contributed by atoms with Gasteiger partial charge in [0, 0.05) is 24.8 Å². The molecule has 0 saturated carbocycles. The van der Waals surface area contributed by atoms with Crippen molar-refractivity contribution in [3.63, 3.8) is 0 Å². The summed E-state index contributed by atoms with van der Waals surface area (Å²) in [5, 5.41) is 5.42. The lowest BCUT2D eigenvalue weighted by molar-refractivity contribution is -0.117. The number of hydrogen-bond donors (Lipinski definition) is 2. The van der Waals surface area contributed by atoms with E-state index in [0.29, 0.717) is 18.1 Å². The van der Waals surface area contributed by atoms with Gasteiger partial charge in [-0.1, -0.05) is 12.1 Å². The van der Waals surface area contributed by atoms with E-state index in [-0.39, 0.29) is 18.4 Å². The molecule has 1 aliphatic rings. The molecule has 0 aliphatic carbocycles. The minimum Gasteiger partial charge on any atom is -0.333 e. The highest BCUT2D eigenvalue weighted by atomic mass is 19.1. The summed E-state index contributed by atoms with van der Waals surface area (Å²) in [6, 6.07) is 8.70. The first-order valence-corrected chi connectivity index (χ1v) is 7.58. The van der Waals surface area contributed by atoms with Crippen LogP contribution >= 0.6 is 0 Å². The van der Waals surface area contributed by atoms with Gasteiger partial charge in [-0.15, -0.1) is 0 Å². The van der Waals surface area contributed by atoms with Crippen LogP contribution in [0.5, 0.6) is 0 Å². The number of halogens is 1. The SMILES string of the molecule is Cc1cccnc1NC(=O)NC1CC(=O)N(c2cccc(F)c2)C1. The van der Waals surface area contributed by atoms with Crippen LogP contribution in [0.1, 0.15) is 12.0 Å². The Kier molecular flexibility index (Phi) is 4.41. The van der Waals surface area contributed by atoms with E-state index in [1.54, 1.807) is 24.4 Å². The number of aryl methyl sites for hydroxylation is 1. The number of carbonyl (C=O) groups is 2. The predicted molar refractivity (Wildman–Crippen MR) is 88.3 cm³/mol. The molecule has 2 heterocycles. The average molecular weight is 328 g/mol. The Morgan fingerprint density at radius 2 is 2.17 bits per heavy atom. The van der Waals surface area contributed by atoms with Gasteiger partial charge in [0.2, 0.25) is 5.91 Å². The molecule has 1 aliphatic heterocycles. The smallest absolute Gasteiger partial charge is 0.320 e. The van der Waals surface area contributed by atoms with Gasteiger partial charge in [-0.25, -0.2) is 14.2 Å². The van der Waals surface area contributed by atoms with E-state index >= 15 is 0 Å². The zero-order chi connectivity index (χ0) is 17.1. The molecule has 3 rings (SSSR count). The first-order valence-electron chi connectivity index (χ1n) is 7.58. The van der Waals surface area contributed by atoms with E-state index in [1.807, 2.05) is 13.0 Å². The average Bonchev–Trinajstić information content (AvgIpc) is 2.90. The zero-order valence-corrected chi connectivity index (χ0v) is 13.1. The number of anilines is 2. The highest BCUT2D eigenvalue weighted by Gasteiger charge is 2.31. The van der Waals surface area contributed by atoms with Crippen molar-refractivity contribution in [1.82, 2.24) is 10.3 Å². The van der Waals surface area contributed by atoms with Gasteiger partial charge in [-0.05, 0) is 36.8 Å². The number of carbonyl (C=O) groups excluding carboxylic acids is 2. The predicted octanol–water partition coefficient (Wildman–Crippen LogP) is 2.46. The van der Waals surface area contributed by atoms with Crippen LogP contribution in [0.3, 0.4) is 0 Å². The van der Waals surface area contributed by atoms with Gasteiger partial charge in [-0.2, -0.15) is 0 Å². The van der Waals surface area contributed by atoms with E-state index in [9.17, 15) is 14.0 Å². The summed E-state index contributed by atoms with van der Waals surface area (Å²) < 4.78 is 13.3. The van der Waals surface area contributed by atoms with Crippen LogP contribution in [0, 0.1) is 12.7 Å². The van der Waals surface area contributed by atoms with Gasteiger partial charge in [0.15, 0.2) is 0 Å². The minimum atomic E-state index is -0.421. The lowest BCUT2D eigenvalue weighted by Crippen LogP contribution is -2.40. The second kappa shape index (κ2) is 6.66. The van der Waals surface area contributed by atoms with Crippen molar-refractivity contribution in [3.8, 4) is 0 Å². The van der Waals surface area contributed by atoms with Crippen LogP contribution in [-0.2, 0) is 4.79 Å². The van der Waals surface area contributed by atoms with Crippen LogP contribution in [0.15, 0.2) is 42.6 Å². The van der Waals surface area contributed by atoms with Crippen molar-refractivity contribution in [2.45, 2.75) is 19.4 Å². The first kappa shape index (κ1) is 15.9. The molecular formula is C17H17FN4O2. The van der Waals surface area contributed by atoms with E-state index in [2.05, 4.69) is 15.6 Å². The third kappa shape index (κ3) is 3.51. The number of benzene rings is 1. The zero-order valence-electron chi connectivity index (χ0n) is 13.1. The van der Waals surface area contributed by atoms with Gasteiger partial charge in [0.05, 0.1) is 6.04 Å². The molecule has 1 unspecified atom stereocenters. The summed E-state index contributed by atoms with van der Waals surface area (Å²) in [4.78, 5) is 29.7. The molecule has 1 saturated heterocycles. The molecule has 6 nitrogen and oxygen atoms in total. The summed E-state index contributed by atoms with van der Waals surface area (Å²) in [6.45, 7) is 2.14. The van der Waals surface area contributed by atoms with Crippen LogP contribution in [0.2, 0.25) is 0 Å². The highest BCUT2D eigenvalue weighted by Crippen LogP contribution is 2.22. The summed E-state index contributed by atoms with van der Waals surface area (Å²) >= 11 is 0. The molecule has 1 aromatic carbocycles. The van der Waals surface area contributed by atoms with Crippen LogP contribution in [0.25, 0.3) is 0 Å². The van der Waals surface area contributed by atoms with Crippen molar-refractivity contribution in [1.29, 1.82) is 0 Å². The van der Waals surface area contributed by atoms with Crippen molar-refractivity contribution >= 4 is 23.4 Å². The Morgan fingerprint density at radius 1 is 1.33 bits per heavy atom. The maximum Gasteiger partial charge on any atom is 0.320 e. The fraction of sp³-hybridized carbons (Fsp3) is 0.235. The number of urea groups is 1. The Labute approximate surface area is 138 Å². The second-order valence-corrected chi connectivity index (χ2v) is 5.65. The van der Waals surface area contributed by atoms with Gasteiger partial charge in [-0.3, -0.25) is 10.1 Å². The monoisotopic (exact) mass is 328 g/mol. The Hall–Kier alpha value is -2.96. The molecule has 1 aromatic heterocycles. The number of rotatable bonds is 3. The summed E-state index contributed by atoms with van der Waals surface area (Å²) in [7, 11) is 0. The summed E-state index contributed by atoms with van der Waals surface area (Å²) in [5.74, 6) is -0.0821. The molecule has 7 heteroatoms. The van der Waals surface area contributed by atoms with Gasteiger partial charge < -0.3 is 10.2 Å². The Morgan fingerprint density at radius 3 is 2.92 bits per heavy atom. The Balaban J connectivity index is 1.62. The largest absolute Gasteiger partial charge is 0.333 e.